The van der Waals surface area contributed by atoms with Gasteiger partial charge in [0.05, 0.1) is 11.6 Å². The van der Waals surface area contributed by atoms with Gasteiger partial charge in [-0.3, -0.25) is 0 Å². The summed E-state index contributed by atoms with van der Waals surface area (Å²) in [5.41, 5.74) is 1.61. The van der Waals surface area contributed by atoms with Crippen LogP contribution in [0.2, 0.25) is 0 Å². The number of para-hydroxylation sites is 1. The molecule has 15 heavy (non-hydrogen) atoms. The predicted octanol–water partition coefficient (Wildman–Crippen LogP) is 0.132. The zero-order valence-electron chi connectivity index (χ0n) is 8.25. The van der Waals surface area contributed by atoms with Gasteiger partial charge in [0.25, 0.3) is 0 Å². The van der Waals surface area contributed by atoms with E-state index in [2.05, 4.69) is 10.3 Å². The number of rotatable bonds is 3. The lowest BCUT2D eigenvalue weighted by atomic mass is 10.2. The maximum atomic E-state index is 10.5. The molecule has 2 aromatic rings. The first-order valence-corrected chi connectivity index (χ1v) is 4.68. The summed E-state index contributed by atoms with van der Waals surface area (Å²) in [5.74, 6) is -1.08. The van der Waals surface area contributed by atoms with Crippen LogP contribution in [0.25, 0.3) is 11.0 Å². The van der Waals surface area contributed by atoms with E-state index in [1.165, 1.54) is 0 Å². The molecule has 5 nitrogen and oxygen atoms in total. The Morgan fingerprint density at radius 3 is 3.00 bits per heavy atom. The molecule has 1 heterocycles. The Kier molecular flexibility index (Phi) is 2.37. The smallest absolute Gasteiger partial charge is 0.113 e. The van der Waals surface area contributed by atoms with Gasteiger partial charge in [-0.25, -0.2) is 4.68 Å². The fourth-order valence-electron chi connectivity index (χ4n) is 1.54. The number of carboxylic acids is 1. The number of nitrogens with zero attached hydrogens (tertiary/aromatic N) is 3. The van der Waals surface area contributed by atoms with Crippen LogP contribution >= 0.6 is 0 Å². The van der Waals surface area contributed by atoms with Gasteiger partial charge in [-0.2, -0.15) is 0 Å². The molecule has 1 aromatic heterocycles. The topological polar surface area (TPSA) is 70.8 Å². The second-order valence-electron chi connectivity index (χ2n) is 3.45. The van der Waals surface area contributed by atoms with Crippen molar-refractivity contribution in [2.45, 2.75) is 19.4 Å². The van der Waals surface area contributed by atoms with Crippen LogP contribution in [0.1, 0.15) is 19.4 Å². The number of carbonyl (C=O) groups is 1. The highest BCUT2D eigenvalue weighted by Crippen LogP contribution is 2.16. The lowest BCUT2D eigenvalue weighted by Gasteiger charge is -2.12. The third-order valence-corrected chi connectivity index (χ3v) is 2.26. The van der Waals surface area contributed by atoms with Gasteiger partial charge in [0.1, 0.15) is 5.52 Å². The van der Waals surface area contributed by atoms with Crippen molar-refractivity contribution in [3.8, 4) is 0 Å². The molecule has 78 valence electrons. The van der Waals surface area contributed by atoms with Gasteiger partial charge in [-0.15, -0.1) is 5.10 Å². The maximum absolute atomic E-state index is 10.5. The summed E-state index contributed by atoms with van der Waals surface area (Å²) in [4.78, 5) is 10.5. The molecule has 0 fully saturated rings. The van der Waals surface area contributed by atoms with E-state index >= 15 is 0 Å². The minimum absolute atomic E-state index is 0.0621. The molecule has 0 N–H and O–H groups in total. The average Bonchev–Trinajstić information content (AvgIpc) is 2.59. The zero-order chi connectivity index (χ0) is 10.8. The van der Waals surface area contributed by atoms with Crippen LogP contribution in [0.15, 0.2) is 24.3 Å². The van der Waals surface area contributed by atoms with Crippen LogP contribution in [0.3, 0.4) is 0 Å². The minimum Gasteiger partial charge on any atom is -0.550 e. The molecule has 5 heteroatoms. The third-order valence-electron chi connectivity index (χ3n) is 2.26. The van der Waals surface area contributed by atoms with Gasteiger partial charge in [0, 0.05) is 12.4 Å². The molecule has 1 atom stereocenters. The van der Waals surface area contributed by atoms with E-state index < -0.39 is 5.97 Å². The van der Waals surface area contributed by atoms with Crippen molar-refractivity contribution < 1.29 is 9.90 Å². The number of carboxylic acid groups (broad SMARTS) is 1. The SMILES string of the molecule is C[C@@H](CC(=O)[O-])n1nnc2ccccc21. The summed E-state index contributed by atoms with van der Waals surface area (Å²) in [5, 5.41) is 18.3. The molecule has 0 aliphatic rings. The zero-order valence-corrected chi connectivity index (χ0v) is 8.25. The van der Waals surface area contributed by atoms with Crippen molar-refractivity contribution in [1.82, 2.24) is 15.0 Å². The molecule has 0 unspecified atom stereocenters. The van der Waals surface area contributed by atoms with Crippen molar-refractivity contribution in [2.75, 3.05) is 0 Å². The van der Waals surface area contributed by atoms with Crippen molar-refractivity contribution in [3.63, 3.8) is 0 Å². The molecule has 0 amide bonds. The number of benzene rings is 1. The summed E-state index contributed by atoms with van der Waals surface area (Å²) in [7, 11) is 0. The summed E-state index contributed by atoms with van der Waals surface area (Å²) >= 11 is 0. The van der Waals surface area contributed by atoms with E-state index in [1.54, 1.807) is 11.6 Å². The summed E-state index contributed by atoms with van der Waals surface area (Å²) in [6, 6.07) is 7.19. The second-order valence-corrected chi connectivity index (χ2v) is 3.45. The quantitative estimate of drug-likeness (QED) is 0.712. The van der Waals surface area contributed by atoms with E-state index in [4.69, 9.17) is 0 Å². The van der Waals surface area contributed by atoms with Gasteiger partial charge in [-0.1, -0.05) is 17.3 Å². The minimum atomic E-state index is -1.08. The molecule has 2 rings (SSSR count). The number of hydrogen-bond acceptors (Lipinski definition) is 4. The molecule has 0 radical (unpaired) electrons. The van der Waals surface area contributed by atoms with E-state index in [1.807, 2.05) is 24.3 Å². The van der Waals surface area contributed by atoms with Gasteiger partial charge < -0.3 is 9.90 Å². The molecule has 0 spiro atoms. The number of fused-ring (bicyclic) bond motifs is 1. The molecule has 0 saturated carbocycles. The highest BCUT2D eigenvalue weighted by molar-refractivity contribution is 5.74. The molecular formula is C10H10N3O2-. The van der Waals surface area contributed by atoms with Crippen molar-refractivity contribution in [1.29, 1.82) is 0 Å². The lowest BCUT2D eigenvalue weighted by molar-refractivity contribution is -0.306. The Balaban J connectivity index is 2.39. The van der Waals surface area contributed by atoms with Crippen molar-refractivity contribution in [3.05, 3.63) is 24.3 Å². The Morgan fingerprint density at radius 2 is 2.27 bits per heavy atom. The summed E-state index contributed by atoms with van der Waals surface area (Å²) in [6.45, 7) is 1.77. The van der Waals surface area contributed by atoms with Gasteiger partial charge in [0.15, 0.2) is 0 Å². The first-order valence-electron chi connectivity index (χ1n) is 4.68. The van der Waals surface area contributed by atoms with E-state index in [0.29, 0.717) is 0 Å². The fourth-order valence-corrected chi connectivity index (χ4v) is 1.54. The van der Waals surface area contributed by atoms with Crippen molar-refractivity contribution in [2.24, 2.45) is 0 Å². The van der Waals surface area contributed by atoms with Crippen LogP contribution in [0.5, 0.6) is 0 Å². The van der Waals surface area contributed by atoms with Crippen molar-refractivity contribution >= 4 is 17.0 Å². The fraction of sp³-hybridized carbons (Fsp3) is 0.300. The molecule has 0 bridgehead atoms. The number of aliphatic carboxylic acids is 1. The molecule has 0 aliphatic heterocycles. The Labute approximate surface area is 86.3 Å². The summed E-state index contributed by atoms with van der Waals surface area (Å²) in [6.07, 6.45) is -0.0621. The summed E-state index contributed by atoms with van der Waals surface area (Å²) < 4.78 is 1.60. The molecule has 1 aromatic carbocycles. The van der Waals surface area contributed by atoms with E-state index in [0.717, 1.165) is 11.0 Å². The van der Waals surface area contributed by atoms with E-state index in [9.17, 15) is 9.90 Å². The van der Waals surface area contributed by atoms with Crippen LogP contribution in [-0.2, 0) is 4.79 Å². The number of hydrogen-bond donors (Lipinski definition) is 0. The lowest BCUT2D eigenvalue weighted by Crippen LogP contribution is -2.25. The highest BCUT2D eigenvalue weighted by Gasteiger charge is 2.10. The third kappa shape index (κ3) is 1.81. The second kappa shape index (κ2) is 3.68. The monoisotopic (exact) mass is 204 g/mol. The van der Waals surface area contributed by atoms with Crippen LogP contribution < -0.4 is 5.11 Å². The first kappa shape index (κ1) is 9.64. The maximum Gasteiger partial charge on any atom is 0.113 e. The van der Waals surface area contributed by atoms with Gasteiger partial charge in [0.2, 0.25) is 0 Å². The normalized spacial score (nSPS) is 12.9. The van der Waals surface area contributed by atoms with Gasteiger partial charge in [-0.05, 0) is 19.1 Å². The van der Waals surface area contributed by atoms with Crippen LogP contribution in [0.4, 0.5) is 0 Å². The van der Waals surface area contributed by atoms with Gasteiger partial charge >= 0.3 is 0 Å². The molecule has 0 saturated heterocycles. The Bertz CT molecular complexity index is 492. The number of aromatic nitrogens is 3. The number of carbonyl (C=O) groups excluding carboxylic acids is 1. The first-order chi connectivity index (χ1) is 7.18. The van der Waals surface area contributed by atoms with E-state index in [-0.39, 0.29) is 12.5 Å². The standard InChI is InChI=1S/C10H11N3O2/c1-7(6-10(14)15)13-9-5-3-2-4-8(9)11-12-13/h2-5,7H,6H2,1H3,(H,14,15)/p-1/t7-/m0/s1. The van der Waals surface area contributed by atoms with Crippen LogP contribution in [0, 0.1) is 0 Å². The Morgan fingerprint density at radius 1 is 1.53 bits per heavy atom. The largest absolute Gasteiger partial charge is 0.550 e. The average molecular weight is 204 g/mol. The molecular weight excluding hydrogens is 194 g/mol. The highest BCUT2D eigenvalue weighted by atomic mass is 16.4. The molecule has 0 aliphatic carbocycles. The predicted molar refractivity (Wildman–Crippen MR) is 51.9 cm³/mol. The van der Waals surface area contributed by atoms with Crippen LogP contribution in [-0.4, -0.2) is 21.0 Å². The Hall–Kier alpha value is -1.91.